The number of cyclic esters (lactones) is 1. The van der Waals surface area contributed by atoms with Crippen molar-refractivity contribution in [1.82, 2.24) is 9.80 Å². The van der Waals surface area contributed by atoms with Crippen molar-refractivity contribution in [2.45, 2.75) is 44.6 Å². The Morgan fingerprint density at radius 1 is 1.12 bits per heavy atom. The van der Waals surface area contributed by atoms with Gasteiger partial charge >= 0.3 is 5.97 Å². The van der Waals surface area contributed by atoms with Gasteiger partial charge in [-0.15, -0.1) is 0 Å². The maximum absolute atomic E-state index is 12.8. The van der Waals surface area contributed by atoms with Gasteiger partial charge in [-0.05, 0) is 56.5 Å². The average molecular weight is 447 g/mol. The van der Waals surface area contributed by atoms with Crippen LogP contribution in [0.4, 0.5) is 0 Å². The molecule has 1 amide bonds. The van der Waals surface area contributed by atoms with Gasteiger partial charge in [-0.25, -0.2) is 0 Å². The molecule has 4 heterocycles. The summed E-state index contributed by atoms with van der Waals surface area (Å²) in [5.74, 6) is 1.47. The molecular formula is C23H30N2O7. The highest BCUT2D eigenvalue weighted by molar-refractivity contribution is 5.81. The second kappa shape index (κ2) is 9.77. The molecule has 32 heavy (non-hydrogen) atoms. The van der Waals surface area contributed by atoms with Gasteiger partial charge < -0.3 is 24.2 Å². The van der Waals surface area contributed by atoms with Gasteiger partial charge in [0.05, 0.1) is 11.8 Å². The first-order valence-electron chi connectivity index (χ1n) is 11.2. The van der Waals surface area contributed by atoms with E-state index in [9.17, 15) is 9.59 Å². The fourth-order valence-corrected chi connectivity index (χ4v) is 5.12. The number of carbonyl (C=O) groups excluding carboxylic acids is 2. The fraction of sp³-hybridized carbons (Fsp3) is 0.609. The smallest absolute Gasteiger partial charge is 0.312 e. The molecule has 0 aliphatic carbocycles. The second-order valence-electron chi connectivity index (χ2n) is 8.87. The Labute approximate surface area is 187 Å². The first-order valence-corrected chi connectivity index (χ1v) is 11.2. The van der Waals surface area contributed by atoms with E-state index in [1.54, 1.807) is 0 Å². The van der Waals surface area contributed by atoms with Crippen LogP contribution in [-0.2, 0) is 25.5 Å². The highest BCUT2D eigenvalue weighted by Gasteiger charge is 2.51. The zero-order chi connectivity index (χ0) is 22.6. The second-order valence-corrected chi connectivity index (χ2v) is 8.87. The Balaban J connectivity index is 0.000000775. The molecule has 0 radical (unpaired) electrons. The van der Waals surface area contributed by atoms with Crippen LogP contribution in [0, 0.1) is 5.41 Å². The minimum Gasteiger partial charge on any atom is -0.483 e. The van der Waals surface area contributed by atoms with Gasteiger partial charge in [0.15, 0.2) is 11.5 Å². The number of nitrogens with zero attached hydrogens (tertiary/aromatic N) is 2. The van der Waals surface area contributed by atoms with Crippen molar-refractivity contribution >= 4 is 18.3 Å². The van der Waals surface area contributed by atoms with Crippen LogP contribution in [0.1, 0.15) is 37.7 Å². The molecule has 0 bridgehead atoms. The number of benzene rings is 1. The van der Waals surface area contributed by atoms with Gasteiger partial charge in [-0.1, -0.05) is 6.07 Å². The van der Waals surface area contributed by atoms with Crippen LogP contribution in [0.5, 0.6) is 11.5 Å². The predicted octanol–water partition coefficient (Wildman–Crippen LogP) is 1.68. The molecule has 4 aliphatic rings. The van der Waals surface area contributed by atoms with E-state index in [4.69, 9.17) is 24.1 Å². The number of carboxylic acid groups (broad SMARTS) is 1. The van der Waals surface area contributed by atoms with E-state index in [-0.39, 0.29) is 36.7 Å². The molecule has 1 N–H and O–H groups in total. The molecule has 5 rings (SSSR count). The first kappa shape index (κ1) is 22.4. The molecule has 9 heteroatoms. The third-order valence-corrected chi connectivity index (χ3v) is 6.85. The van der Waals surface area contributed by atoms with E-state index in [0.29, 0.717) is 38.1 Å². The quantitative estimate of drug-likeness (QED) is 0.550. The zero-order valence-electron chi connectivity index (χ0n) is 18.2. The molecule has 1 aromatic carbocycles. The van der Waals surface area contributed by atoms with Crippen molar-refractivity contribution in [3.63, 3.8) is 0 Å². The van der Waals surface area contributed by atoms with Crippen molar-refractivity contribution in [3.8, 4) is 11.5 Å². The van der Waals surface area contributed by atoms with Crippen LogP contribution < -0.4 is 9.47 Å². The summed E-state index contributed by atoms with van der Waals surface area (Å²) in [6, 6.07) is 5.64. The maximum Gasteiger partial charge on any atom is 0.312 e. The van der Waals surface area contributed by atoms with E-state index in [1.807, 2.05) is 23.1 Å². The molecule has 3 fully saturated rings. The number of likely N-dealkylation sites (tertiary alicyclic amines) is 2. The van der Waals surface area contributed by atoms with Gasteiger partial charge in [-0.2, -0.15) is 0 Å². The molecule has 9 nitrogen and oxygen atoms in total. The summed E-state index contributed by atoms with van der Waals surface area (Å²) in [5.41, 5.74) is 0.533. The van der Waals surface area contributed by atoms with Crippen LogP contribution in [-0.4, -0.2) is 78.9 Å². The largest absolute Gasteiger partial charge is 0.483 e. The molecule has 0 saturated carbocycles. The number of rotatable bonds is 4. The lowest BCUT2D eigenvalue weighted by Gasteiger charge is -2.36. The lowest BCUT2D eigenvalue weighted by Crippen LogP contribution is -2.45. The standard InChI is InChI=1S/C22H28N2O5.CH2O2/c25-20(12-16-3-4-18-19(11-16)28-15-27-18)24-9-5-22(6-10-24)13-17(29-21(22)26)14-23-7-1-2-8-23;2-1-3/h3-4,11,17H,1-2,5-10,12-15H2;1H,(H,2,3). The number of hydrogen-bond donors (Lipinski definition) is 1. The van der Waals surface area contributed by atoms with Crippen LogP contribution in [0.15, 0.2) is 18.2 Å². The molecule has 1 unspecified atom stereocenters. The minimum atomic E-state index is -0.389. The molecule has 3 saturated heterocycles. The van der Waals surface area contributed by atoms with Crippen molar-refractivity contribution in [3.05, 3.63) is 23.8 Å². The maximum atomic E-state index is 12.8. The number of piperidine rings is 1. The third kappa shape index (κ3) is 4.82. The Kier molecular flexibility index (Phi) is 6.83. The zero-order valence-corrected chi connectivity index (χ0v) is 18.2. The van der Waals surface area contributed by atoms with Gasteiger partial charge in [-0.3, -0.25) is 19.3 Å². The van der Waals surface area contributed by atoms with Gasteiger partial charge in [0.25, 0.3) is 6.47 Å². The summed E-state index contributed by atoms with van der Waals surface area (Å²) in [6.45, 7) is 4.31. The fourth-order valence-electron chi connectivity index (χ4n) is 5.12. The molecule has 1 aromatic rings. The summed E-state index contributed by atoms with van der Waals surface area (Å²) < 4.78 is 16.5. The van der Waals surface area contributed by atoms with E-state index < -0.39 is 0 Å². The van der Waals surface area contributed by atoms with Crippen LogP contribution in [0.3, 0.4) is 0 Å². The van der Waals surface area contributed by atoms with Gasteiger partial charge in [0.1, 0.15) is 6.10 Å². The van der Waals surface area contributed by atoms with E-state index in [2.05, 4.69) is 4.90 Å². The average Bonchev–Trinajstić information content (AvgIpc) is 3.51. The number of esters is 1. The molecule has 174 valence electrons. The highest BCUT2D eigenvalue weighted by Crippen LogP contribution is 2.43. The lowest BCUT2D eigenvalue weighted by atomic mass is 9.76. The SMILES string of the molecule is O=C(Cc1ccc2c(c1)OCO2)N1CCC2(CC1)CC(CN1CCCC1)OC2=O.O=CO. The Hall–Kier alpha value is -2.81. The molecular weight excluding hydrogens is 416 g/mol. The van der Waals surface area contributed by atoms with E-state index >= 15 is 0 Å². The summed E-state index contributed by atoms with van der Waals surface area (Å²) in [5, 5.41) is 6.89. The molecule has 0 aromatic heterocycles. The number of hydrogen-bond acceptors (Lipinski definition) is 7. The Bertz CT molecular complexity index is 845. The predicted molar refractivity (Wildman–Crippen MR) is 113 cm³/mol. The molecule has 1 atom stereocenters. The van der Waals surface area contributed by atoms with Gasteiger partial charge in [0, 0.05) is 26.1 Å². The number of fused-ring (bicyclic) bond motifs is 1. The highest BCUT2D eigenvalue weighted by atomic mass is 16.7. The summed E-state index contributed by atoms with van der Waals surface area (Å²) in [6.07, 6.45) is 5.04. The number of ether oxygens (including phenoxy) is 3. The van der Waals surface area contributed by atoms with Crippen molar-refractivity contribution in [2.24, 2.45) is 5.41 Å². The van der Waals surface area contributed by atoms with Crippen LogP contribution in [0.25, 0.3) is 0 Å². The number of carbonyl (C=O) groups is 3. The Morgan fingerprint density at radius 2 is 1.81 bits per heavy atom. The van der Waals surface area contributed by atoms with E-state index in [0.717, 1.165) is 37.4 Å². The normalized spacial score (nSPS) is 23.6. The minimum absolute atomic E-state index is 0.0106. The molecule has 1 spiro atoms. The van der Waals surface area contributed by atoms with Crippen molar-refractivity contribution < 1.29 is 33.7 Å². The van der Waals surface area contributed by atoms with Crippen LogP contribution >= 0.6 is 0 Å². The van der Waals surface area contributed by atoms with Crippen molar-refractivity contribution in [2.75, 3.05) is 39.5 Å². The van der Waals surface area contributed by atoms with Crippen molar-refractivity contribution in [1.29, 1.82) is 0 Å². The summed E-state index contributed by atoms with van der Waals surface area (Å²) >= 11 is 0. The summed E-state index contributed by atoms with van der Waals surface area (Å²) in [4.78, 5) is 38.1. The lowest BCUT2D eigenvalue weighted by molar-refractivity contribution is -0.152. The number of amides is 1. The molecule has 4 aliphatic heterocycles. The Morgan fingerprint density at radius 3 is 2.53 bits per heavy atom. The van der Waals surface area contributed by atoms with E-state index in [1.165, 1.54) is 12.8 Å². The summed E-state index contributed by atoms with van der Waals surface area (Å²) in [7, 11) is 0. The monoisotopic (exact) mass is 446 g/mol. The van der Waals surface area contributed by atoms with Gasteiger partial charge in [0.2, 0.25) is 12.7 Å². The van der Waals surface area contributed by atoms with Crippen LogP contribution in [0.2, 0.25) is 0 Å². The third-order valence-electron chi connectivity index (χ3n) is 6.85. The topological polar surface area (TPSA) is 106 Å². The first-order chi connectivity index (χ1) is 15.5.